The van der Waals surface area contributed by atoms with Crippen molar-refractivity contribution in [2.24, 2.45) is 0 Å². The van der Waals surface area contributed by atoms with Gasteiger partial charge in [-0.25, -0.2) is 4.98 Å². The number of rotatable bonds is 5. The van der Waals surface area contributed by atoms with Gasteiger partial charge in [-0.1, -0.05) is 13.8 Å². The summed E-state index contributed by atoms with van der Waals surface area (Å²) >= 11 is 1.61. The summed E-state index contributed by atoms with van der Waals surface area (Å²) in [6.45, 7) is 4.62. The number of thiazole rings is 1. The smallest absolute Gasteiger partial charge is 0.226 e. The van der Waals surface area contributed by atoms with Gasteiger partial charge in [-0.3, -0.25) is 4.79 Å². The Morgan fingerprint density at radius 3 is 3.00 bits per heavy atom. The van der Waals surface area contributed by atoms with Crippen molar-refractivity contribution in [1.29, 1.82) is 0 Å². The molecule has 4 nitrogen and oxygen atoms in total. The van der Waals surface area contributed by atoms with E-state index in [9.17, 15) is 4.79 Å². The molecule has 2 heterocycles. The maximum Gasteiger partial charge on any atom is 0.226 e. The Balaban J connectivity index is 1.83. The van der Waals surface area contributed by atoms with Crippen LogP contribution in [-0.4, -0.2) is 10.9 Å². The third kappa shape index (κ3) is 3.43. The van der Waals surface area contributed by atoms with Gasteiger partial charge in [0.1, 0.15) is 5.76 Å². The molecule has 0 saturated heterocycles. The van der Waals surface area contributed by atoms with E-state index in [1.165, 1.54) is 0 Å². The van der Waals surface area contributed by atoms with Crippen LogP contribution in [0.4, 0.5) is 0 Å². The molecule has 0 bridgehead atoms. The SMILES string of the molecule is CC(C)c1nc(CC(=O)NCc2ccco2)cs1. The fraction of sp³-hybridized carbons (Fsp3) is 0.385. The lowest BCUT2D eigenvalue weighted by Crippen LogP contribution is -2.24. The van der Waals surface area contributed by atoms with Gasteiger partial charge in [-0.2, -0.15) is 0 Å². The fourth-order valence-corrected chi connectivity index (χ4v) is 2.33. The number of nitrogens with one attached hydrogen (secondary N) is 1. The first-order chi connectivity index (χ1) is 8.65. The Morgan fingerprint density at radius 1 is 1.56 bits per heavy atom. The van der Waals surface area contributed by atoms with Crippen LogP contribution < -0.4 is 5.32 Å². The quantitative estimate of drug-likeness (QED) is 0.903. The molecule has 1 amide bonds. The van der Waals surface area contributed by atoms with Gasteiger partial charge in [0, 0.05) is 11.3 Å². The number of nitrogens with zero attached hydrogens (tertiary/aromatic N) is 1. The Labute approximate surface area is 110 Å². The number of hydrogen-bond acceptors (Lipinski definition) is 4. The van der Waals surface area contributed by atoms with Crippen LogP contribution in [0.25, 0.3) is 0 Å². The van der Waals surface area contributed by atoms with E-state index in [0.29, 0.717) is 18.9 Å². The molecule has 0 saturated carbocycles. The number of carbonyl (C=O) groups is 1. The standard InChI is InChI=1S/C13H16N2O2S/c1-9(2)13-15-10(8-18-13)6-12(16)14-7-11-4-3-5-17-11/h3-5,8-9H,6-7H2,1-2H3,(H,14,16). The van der Waals surface area contributed by atoms with Crippen molar-refractivity contribution in [3.05, 3.63) is 40.2 Å². The molecular formula is C13H16N2O2S. The average molecular weight is 264 g/mol. The summed E-state index contributed by atoms with van der Waals surface area (Å²) in [4.78, 5) is 16.1. The van der Waals surface area contributed by atoms with Crippen molar-refractivity contribution in [1.82, 2.24) is 10.3 Å². The maximum absolute atomic E-state index is 11.7. The zero-order valence-corrected chi connectivity index (χ0v) is 11.3. The molecule has 0 aliphatic heterocycles. The molecule has 0 aliphatic carbocycles. The highest BCUT2D eigenvalue weighted by Gasteiger charge is 2.09. The van der Waals surface area contributed by atoms with E-state index in [1.54, 1.807) is 23.7 Å². The minimum atomic E-state index is -0.0352. The van der Waals surface area contributed by atoms with E-state index >= 15 is 0 Å². The largest absolute Gasteiger partial charge is 0.467 e. The summed E-state index contributed by atoms with van der Waals surface area (Å²) in [5, 5.41) is 5.82. The van der Waals surface area contributed by atoms with E-state index in [-0.39, 0.29) is 5.91 Å². The molecule has 0 fully saturated rings. The van der Waals surface area contributed by atoms with E-state index in [4.69, 9.17) is 4.42 Å². The predicted octanol–water partition coefficient (Wildman–Crippen LogP) is 2.72. The summed E-state index contributed by atoms with van der Waals surface area (Å²) in [5.41, 5.74) is 0.834. The summed E-state index contributed by atoms with van der Waals surface area (Å²) in [5.74, 6) is 1.13. The van der Waals surface area contributed by atoms with Crippen LogP contribution in [0.5, 0.6) is 0 Å². The van der Waals surface area contributed by atoms with Crippen molar-refractivity contribution in [2.75, 3.05) is 0 Å². The van der Waals surface area contributed by atoms with Crippen LogP contribution in [0.1, 0.15) is 36.2 Å². The monoisotopic (exact) mass is 264 g/mol. The molecule has 1 N–H and O–H groups in total. The number of carbonyl (C=O) groups excluding carboxylic acids is 1. The second-order valence-electron chi connectivity index (χ2n) is 4.36. The van der Waals surface area contributed by atoms with Crippen LogP contribution in [0.3, 0.4) is 0 Å². The van der Waals surface area contributed by atoms with Crippen LogP contribution in [0.15, 0.2) is 28.2 Å². The maximum atomic E-state index is 11.7. The number of hydrogen-bond donors (Lipinski definition) is 1. The molecular weight excluding hydrogens is 248 g/mol. The minimum Gasteiger partial charge on any atom is -0.467 e. The molecule has 2 aromatic heterocycles. The molecule has 0 aromatic carbocycles. The lowest BCUT2D eigenvalue weighted by atomic mass is 10.2. The Hall–Kier alpha value is -1.62. The third-order valence-corrected chi connectivity index (χ3v) is 3.64. The number of furan rings is 1. The summed E-state index contributed by atoms with van der Waals surface area (Å²) in [7, 11) is 0. The van der Waals surface area contributed by atoms with E-state index in [1.807, 2.05) is 11.4 Å². The van der Waals surface area contributed by atoms with E-state index in [2.05, 4.69) is 24.1 Å². The van der Waals surface area contributed by atoms with Crippen molar-refractivity contribution < 1.29 is 9.21 Å². The highest BCUT2D eigenvalue weighted by molar-refractivity contribution is 7.09. The van der Waals surface area contributed by atoms with Gasteiger partial charge in [0.25, 0.3) is 0 Å². The summed E-state index contributed by atoms with van der Waals surface area (Å²) < 4.78 is 5.14. The molecule has 0 atom stereocenters. The minimum absolute atomic E-state index is 0.0352. The second-order valence-corrected chi connectivity index (χ2v) is 5.25. The third-order valence-electron chi connectivity index (χ3n) is 2.44. The van der Waals surface area contributed by atoms with Crippen molar-refractivity contribution in [2.45, 2.75) is 32.7 Å². The number of aromatic nitrogens is 1. The fourth-order valence-electron chi connectivity index (χ4n) is 1.49. The first-order valence-corrected chi connectivity index (χ1v) is 6.76. The normalized spacial score (nSPS) is 10.8. The second kappa shape index (κ2) is 5.82. The zero-order valence-electron chi connectivity index (χ0n) is 10.5. The Bertz CT molecular complexity index is 503. The summed E-state index contributed by atoms with van der Waals surface area (Å²) in [6, 6.07) is 3.64. The molecule has 0 unspecified atom stereocenters. The molecule has 18 heavy (non-hydrogen) atoms. The molecule has 0 aliphatic rings. The lowest BCUT2D eigenvalue weighted by Gasteiger charge is -2.01. The average Bonchev–Trinajstić information content (AvgIpc) is 2.96. The van der Waals surface area contributed by atoms with Crippen molar-refractivity contribution in [3.8, 4) is 0 Å². The Morgan fingerprint density at radius 2 is 2.39 bits per heavy atom. The molecule has 0 spiro atoms. The molecule has 2 rings (SSSR count). The first kappa shape index (κ1) is 12.8. The van der Waals surface area contributed by atoms with E-state index < -0.39 is 0 Å². The topological polar surface area (TPSA) is 55.1 Å². The molecule has 96 valence electrons. The van der Waals surface area contributed by atoms with Gasteiger partial charge >= 0.3 is 0 Å². The van der Waals surface area contributed by atoms with Gasteiger partial charge in [0.2, 0.25) is 5.91 Å². The van der Waals surface area contributed by atoms with Crippen LogP contribution in [0.2, 0.25) is 0 Å². The van der Waals surface area contributed by atoms with Crippen LogP contribution in [0, 0.1) is 0 Å². The summed E-state index contributed by atoms with van der Waals surface area (Å²) in [6.07, 6.45) is 1.92. The Kier molecular flexibility index (Phi) is 4.15. The molecule has 0 radical (unpaired) electrons. The van der Waals surface area contributed by atoms with Gasteiger partial charge in [0.15, 0.2) is 0 Å². The van der Waals surface area contributed by atoms with Gasteiger partial charge in [-0.15, -0.1) is 11.3 Å². The highest BCUT2D eigenvalue weighted by Crippen LogP contribution is 2.19. The predicted molar refractivity (Wildman–Crippen MR) is 70.5 cm³/mol. The first-order valence-electron chi connectivity index (χ1n) is 5.88. The van der Waals surface area contributed by atoms with Gasteiger partial charge in [-0.05, 0) is 12.1 Å². The number of amides is 1. The highest BCUT2D eigenvalue weighted by atomic mass is 32.1. The van der Waals surface area contributed by atoms with Crippen LogP contribution in [-0.2, 0) is 17.8 Å². The molecule has 2 aromatic rings. The van der Waals surface area contributed by atoms with Crippen molar-refractivity contribution >= 4 is 17.2 Å². The van der Waals surface area contributed by atoms with Crippen molar-refractivity contribution in [3.63, 3.8) is 0 Å². The zero-order chi connectivity index (χ0) is 13.0. The molecule has 5 heteroatoms. The van der Waals surface area contributed by atoms with Crippen LogP contribution >= 0.6 is 11.3 Å². The van der Waals surface area contributed by atoms with Gasteiger partial charge in [0.05, 0.1) is 29.9 Å². The lowest BCUT2D eigenvalue weighted by molar-refractivity contribution is -0.120. The van der Waals surface area contributed by atoms with Gasteiger partial charge < -0.3 is 9.73 Å². The van der Waals surface area contributed by atoms with E-state index in [0.717, 1.165) is 16.5 Å².